The third-order valence-electron chi connectivity index (χ3n) is 5.60. The highest BCUT2D eigenvalue weighted by molar-refractivity contribution is 5.80. The molecule has 0 spiro atoms. The van der Waals surface area contributed by atoms with Crippen LogP contribution in [0.4, 0.5) is 5.95 Å². The summed E-state index contributed by atoms with van der Waals surface area (Å²) in [7, 11) is 0. The van der Waals surface area contributed by atoms with Crippen molar-refractivity contribution in [3.63, 3.8) is 0 Å². The SMILES string of the molecule is O=C(NCCC1=CCCCC1)[C@H]1CCCN(c2nc3ccccc3[nH]2)C1. The van der Waals surface area contributed by atoms with Crippen LogP contribution in [0.3, 0.4) is 0 Å². The van der Waals surface area contributed by atoms with Crippen LogP contribution in [0.15, 0.2) is 35.9 Å². The number of aromatic amines is 1. The average molecular weight is 352 g/mol. The maximum Gasteiger partial charge on any atom is 0.224 e. The molecule has 4 rings (SSSR count). The van der Waals surface area contributed by atoms with E-state index in [1.165, 1.54) is 31.3 Å². The minimum absolute atomic E-state index is 0.0531. The Balaban J connectivity index is 1.32. The number of rotatable bonds is 5. The summed E-state index contributed by atoms with van der Waals surface area (Å²) >= 11 is 0. The number of piperidine rings is 1. The largest absolute Gasteiger partial charge is 0.355 e. The van der Waals surface area contributed by atoms with Crippen LogP contribution in [0.1, 0.15) is 44.9 Å². The zero-order valence-electron chi connectivity index (χ0n) is 15.3. The topological polar surface area (TPSA) is 61.0 Å². The molecule has 0 saturated carbocycles. The van der Waals surface area contributed by atoms with Gasteiger partial charge in [-0.15, -0.1) is 0 Å². The Bertz CT molecular complexity index is 761. The van der Waals surface area contributed by atoms with Crippen molar-refractivity contribution in [2.75, 3.05) is 24.5 Å². The van der Waals surface area contributed by atoms with Crippen LogP contribution in [0.5, 0.6) is 0 Å². The first-order chi connectivity index (χ1) is 12.8. The van der Waals surface area contributed by atoms with Gasteiger partial charge in [0.1, 0.15) is 0 Å². The first kappa shape index (κ1) is 17.1. The number of benzene rings is 1. The Morgan fingerprint density at radius 1 is 1.27 bits per heavy atom. The van der Waals surface area contributed by atoms with Crippen molar-refractivity contribution >= 4 is 22.9 Å². The summed E-state index contributed by atoms with van der Waals surface area (Å²) in [5, 5.41) is 3.16. The maximum atomic E-state index is 12.6. The zero-order chi connectivity index (χ0) is 17.8. The third kappa shape index (κ3) is 3.92. The number of carbonyl (C=O) groups is 1. The van der Waals surface area contributed by atoms with Crippen molar-refractivity contribution in [3.8, 4) is 0 Å². The van der Waals surface area contributed by atoms with Crippen LogP contribution in [0.2, 0.25) is 0 Å². The van der Waals surface area contributed by atoms with Gasteiger partial charge in [0.15, 0.2) is 0 Å². The van der Waals surface area contributed by atoms with Gasteiger partial charge in [0.2, 0.25) is 11.9 Å². The van der Waals surface area contributed by atoms with E-state index in [9.17, 15) is 4.79 Å². The smallest absolute Gasteiger partial charge is 0.224 e. The Morgan fingerprint density at radius 2 is 2.19 bits per heavy atom. The molecule has 0 bridgehead atoms. The van der Waals surface area contributed by atoms with Gasteiger partial charge in [0, 0.05) is 19.6 Å². The number of hydrogen-bond donors (Lipinski definition) is 2. The molecule has 2 aliphatic rings. The number of para-hydroxylation sites is 2. The van der Waals surface area contributed by atoms with Gasteiger partial charge in [-0.25, -0.2) is 4.98 Å². The molecule has 1 amide bonds. The molecule has 2 aromatic rings. The fourth-order valence-corrected chi connectivity index (χ4v) is 4.09. The van der Waals surface area contributed by atoms with Gasteiger partial charge in [-0.2, -0.15) is 0 Å². The molecule has 1 aliphatic heterocycles. The minimum Gasteiger partial charge on any atom is -0.355 e. The van der Waals surface area contributed by atoms with Gasteiger partial charge in [0.05, 0.1) is 17.0 Å². The lowest BCUT2D eigenvalue weighted by Gasteiger charge is -2.31. The highest BCUT2D eigenvalue weighted by atomic mass is 16.1. The van der Waals surface area contributed by atoms with Crippen molar-refractivity contribution in [3.05, 3.63) is 35.9 Å². The number of fused-ring (bicyclic) bond motifs is 1. The van der Waals surface area contributed by atoms with Crippen molar-refractivity contribution < 1.29 is 4.79 Å². The number of aromatic nitrogens is 2. The second-order valence-corrected chi connectivity index (χ2v) is 7.51. The summed E-state index contributed by atoms with van der Waals surface area (Å²) in [5.74, 6) is 1.13. The monoisotopic (exact) mass is 352 g/mol. The summed E-state index contributed by atoms with van der Waals surface area (Å²) in [5.41, 5.74) is 3.55. The molecule has 1 aromatic carbocycles. The number of allylic oxidation sites excluding steroid dienone is 1. The van der Waals surface area contributed by atoms with Gasteiger partial charge < -0.3 is 15.2 Å². The first-order valence-corrected chi connectivity index (χ1v) is 9.95. The maximum absolute atomic E-state index is 12.6. The number of hydrogen-bond acceptors (Lipinski definition) is 3. The molecule has 5 heteroatoms. The molecule has 1 aromatic heterocycles. The highest BCUT2D eigenvalue weighted by Gasteiger charge is 2.27. The number of nitrogens with zero attached hydrogens (tertiary/aromatic N) is 2. The lowest BCUT2D eigenvalue weighted by atomic mass is 9.96. The molecule has 1 fully saturated rings. The second-order valence-electron chi connectivity index (χ2n) is 7.51. The van der Waals surface area contributed by atoms with Gasteiger partial charge in [-0.1, -0.05) is 23.8 Å². The van der Waals surface area contributed by atoms with Gasteiger partial charge in [0.25, 0.3) is 0 Å². The Labute approximate surface area is 154 Å². The van der Waals surface area contributed by atoms with E-state index in [-0.39, 0.29) is 11.8 Å². The second kappa shape index (κ2) is 7.94. The number of H-pyrrole nitrogens is 1. The summed E-state index contributed by atoms with van der Waals surface area (Å²) in [6, 6.07) is 8.07. The predicted octanol–water partition coefficient (Wildman–Crippen LogP) is 3.79. The molecule has 1 aliphatic carbocycles. The van der Waals surface area contributed by atoms with Crippen LogP contribution in [0.25, 0.3) is 11.0 Å². The summed E-state index contributed by atoms with van der Waals surface area (Å²) in [6.07, 6.45) is 10.4. The fraction of sp³-hybridized carbons (Fsp3) is 0.524. The van der Waals surface area contributed by atoms with E-state index in [1.807, 2.05) is 24.3 Å². The van der Waals surface area contributed by atoms with Crippen molar-refractivity contribution in [1.29, 1.82) is 0 Å². The van der Waals surface area contributed by atoms with Gasteiger partial charge in [-0.3, -0.25) is 4.79 Å². The number of anilines is 1. The van der Waals surface area contributed by atoms with E-state index in [0.717, 1.165) is 55.9 Å². The predicted molar refractivity (Wildman–Crippen MR) is 105 cm³/mol. The number of carbonyl (C=O) groups excluding carboxylic acids is 1. The Kier molecular flexibility index (Phi) is 5.23. The number of nitrogens with one attached hydrogen (secondary N) is 2. The van der Waals surface area contributed by atoms with E-state index in [4.69, 9.17) is 0 Å². The van der Waals surface area contributed by atoms with Crippen LogP contribution < -0.4 is 10.2 Å². The number of amides is 1. The Morgan fingerprint density at radius 3 is 3.04 bits per heavy atom. The van der Waals surface area contributed by atoms with Gasteiger partial charge >= 0.3 is 0 Å². The standard InChI is InChI=1S/C21H28N4O/c26-20(22-13-12-16-7-2-1-3-8-16)17-9-6-14-25(15-17)21-23-18-10-4-5-11-19(18)24-21/h4-5,7,10-11,17H,1-3,6,8-9,12-15H2,(H,22,26)(H,23,24)/t17-/m0/s1. The molecule has 2 heterocycles. The molecular weight excluding hydrogens is 324 g/mol. The molecule has 5 nitrogen and oxygen atoms in total. The molecule has 26 heavy (non-hydrogen) atoms. The van der Waals surface area contributed by atoms with E-state index in [2.05, 4.69) is 26.3 Å². The van der Waals surface area contributed by atoms with E-state index in [1.54, 1.807) is 0 Å². The molecule has 1 atom stereocenters. The zero-order valence-corrected chi connectivity index (χ0v) is 15.3. The van der Waals surface area contributed by atoms with Crippen LogP contribution in [0, 0.1) is 5.92 Å². The fourth-order valence-electron chi connectivity index (χ4n) is 4.09. The summed E-state index contributed by atoms with van der Waals surface area (Å²) in [6.45, 7) is 2.47. The van der Waals surface area contributed by atoms with E-state index >= 15 is 0 Å². The molecule has 0 unspecified atom stereocenters. The molecule has 1 saturated heterocycles. The average Bonchev–Trinajstić information content (AvgIpc) is 3.13. The molecule has 0 radical (unpaired) electrons. The van der Waals surface area contributed by atoms with Gasteiger partial charge in [-0.05, 0) is 57.1 Å². The lowest BCUT2D eigenvalue weighted by molar-refractivity contribution is -0.125. The normalized spacial score (nSPS) is 20.8. The summed E-state index contributed by atoms with van der Waals surface area (Å²) < 4.78 is 0. The molecule has 2 N–H and O–H groups in total. The highest BCUT2D eigenvalue weighted by Crippen LogP contribution is 2.24. The van der Waals surface area contributed by atoms with E-state index < -0.39 is 0 Å². The van der Waals surface area contributed by atoms with Crippen LogP contribution in [-0.2, 0) is 4.79 Å². The summed E-state index contributed by atoms with van der Waals surface area (Å²) in [4.78, 5) is 22.9. The first-order valence-electron chi connectivity index (χ1n) is 9.95. The molecular formula is C21H28N4O. The Hall–Kier alpha value is -2.30. The van der Waals surface area contributed by atoms with Crippen molar-refractivity contribution in [2.45, 2.75) is 44.9 Å². The van der Waals surface area contributed by atoms with Crippen LogP contribution >= 0.6 is 0 Å². The van der Waals surface area contributed by atoms with Crippen LogP contribution in [-0.4, -0.2) is 35.5 Å². The van der Waals surface area contributed by atoms with E-state index in [0.29, 0.717) is 0 Å². The minimum atomic E-state index is 0.0531. The third-order valence-corrected chi connectivity index (χ3v) is 5.60. The van der Waals surface area contributed by atoms with Crippen molar-refractivity contribution in [2.24, 2.45) is 5.92 Å². The quantitative estimate of drug-likeness (QED) is 0.805. The number of imidazole rings is 1. The lowest BCUT2D eigenvalue weighted by Crippen LogP contribution is -2.43. The molecule has 138 valence electrons. The van der Waals surface area contributed by atoms with Crippen molar-refractivity contribution in [1.82, 2.24) is 15.3 Å².